The second-order valence-corrected chi connectivity index (χ2v) is 8.13. The first-order valence-electron chi connectivity index (χ1n) is 10.7. The lowest BCUT2D eigenvalue weighted by Gasteiger charge is -2.19. The number of fused-ring (bicyclic) bond motifs is 2. The van der Waals surface area contributed by atoms with E-state index in [1.54, 1.807) is 49.5 Å². The zero-order valence-electron chi connectivity index (χ0n) is 18.1. The molecular formula is C25H21F2N3O4. The van der Waals surface area contributed by atoms with Gasteiger partial charge in [-0.25, -0.2) is 13.8 Å². The quantitative estimate of drug-likeness (QED) is 0.420. The fourth-order valence-corrected chi connectivity index (χ4v) is 4.34. The third-order valence-electron chi connectivity index (χ3n) is 6.02. The maximum atomic E-state index is 14.0. The highest BCUT2D eigenvalue weighted by Crippen LogP contribution is 2.39. The maximum Gasteiger partial charge on any atom is 0.270 e. The molecule has 3 atom stereocenters. The number of pyridine rings is 1. The van der Waals surface area contributed by atoms with Gasteiger partial charge in [0, 0.05) is 11.8 Å². The van der Waals surface area contributed by atoms with Crippen molar-refractivity contribution in [2.75, 3.05) is 0 Å². The van der Waals surface area contributed by atoms with Crippen molar-refractivity contribution in [2.24, 2.45) is 0 Å². The summed E-state index contributed by atoms with van der Waals surface area (Å²) in [5.74, 6) is -2.15. The molecule has 7 nitrogen and oxygen atoms in total. The van der Waals surface area contributed by atoms with E-state index in [0.29, 0.717) is 22.5 Å². The Labute approximate surface area is 193 Å². The SMILES string of the molecule is Cc1nc2c(OCc3cccc(F)c3F)cccn2c1C(=O)NC1c2ccccc2[C@H](O)[C@H]1O. The Morgan fingerprint density at radius 1 is 1.09 bits per heavy atom. The molecule has 1 aliphatic rings. The van der Waals surface area contributed by atoms with Crippen molar-refractivity contribution in [1.29, 1.82) is 0 Å². The molecule has 0 spiro atoms. The van der Waals surface area contributed by atoms with Crippen molar-refractivity contribution in [3.05, 3.63) is 101 Å². The van der Waals surface area contributed by atoms with Crippen molar-refractivity contribution in [1.82, 2.24) is 14.7 Å². The van der Waals surface area contributed by atoms with Gasteiger partial charge in [-0.2, -0.15) is 0 Å². The molecule has 1 amide bonds. The second kappa shape index (κ2) is 8.51. The number of carbonyl (C=O) groups is 1. The van der Waals surface area contributed by atoms with E-state index < -0.39 is 35.8 Å². The molecule has 0 fully saturated rings. The summed E-state index contributed by atoms with van der Waals surface area (Å²) in [6.45, 7) is 1.44. The zero-order valence-corrected chi connectivity index (χ0v) is 18.1. The molecule has 1 unspecified atom stereocenters. The Hall–Kier alpha value is -3.82. The van der Waals surface area contributed by atoms with Gasteiger partial charge in [-0.3, -0.25) is 9.20 Å². The third kappa shape index (κ3) is 3.59. The van der Waals surface area contributed by atoms with Crippen LogP contribution in [0.5, 0.6) is 5.75 Å². The number of rotatable bonds is 5. The van der Waals surface area contributed by atoms with Crippen LogP contribution in [0.15, 0.2) is 60.8 Å². The van der Waals surface area contributed by atoms with Crippen molar-refractivity contribution in [3.8, 4) is 5.75 Å². The van der Waals surface area contributed by atoms with Crippen LogP contribution in [0.4, 0.5) is 8.78 Å². The van der Waals surface area contributed by atoms with Gasteiger partial charge in [0.2, 0.25) is 0 Å². The average Bonchev–Trinajstić information content (AvgIpc) is 3.29. The number of carbonyl (C=O) groups excluding carboxylic acids is 1. The van der Waals surface area contributed by atoms with Gasteiger partial charge in [0.25, 0.3) is 5.91 Å². The first kappa shape index (κ1) is 22.0. The van der Waals surface area contributed by atoms with E-state index in [0.717, 1.165) is 6.07 Å². The molecule has 3 N–H and O–H groups in total. The molecule has 2 aromatic heterocycles. The highest BCUT2D eigenvalue weighted by atomic mass is 19.2. The highest BCUT2D eigenvalue weighted by molar-refractivity contribution is 5.95. The second-order valence-electron chi connectivity index (χ2n) is 8.13. The molecule has 5 rings (SSSR count). The summed E-state index contributed by atoms with van der Waals surface area (Å²) in [7, 11) is 0. The van der Waals surface area contributed by atoms with E-state index in [1.165, 1.54) is 16.5 Å². The molecule has 2 heterocycles. The van der Waals surface area contributed by atoms with Crippen LogP contribution in [0.2, 0.25) is 0 Å². The van der Waals surface area contributed by atoms with Crippen LogP contribution in [0.25, 0.3) is 5.65 Å². The highest BCUT2D eigenvalue weighted by Gasteiger charge is 2.39. The minimum Gasteiger partial charge on any atom is -0.485 e. The first-order valence-corrected chi connectivity index (χ1v) is 10.7. The molecule has 0 saturated carbocycles. The zero-order chi connectivity index (χ0) is 24.0. The van der Waals surface area contributed by atoms with Gasteiger partial charge in [0.05, 0.1) is 11.7 Å². The van der Waals surface area contributed by atoms with Crippen molar-refractivity contribution < 1.29 is 28.5 Å². The Balaban J connectivity index is 1.43. The smallest absolute Gasteiger partial charge is 0.270 e. The minimum absolute atomic E-state index is 0.0516. The number of nitrogens with one attached hydrogen (secondary N) is 1. The number of amides is 1. The molecule has 0 bridgehead atoms. The van der Waals surface area contributed by atoms with Gasteiger partial charge in [0.15, 0.2) is 23.0 Å². The molecule has 0 saturated heterocycles. The summed E-state index contributed by atoms with van der Waals surface area (Å²) in [4.78, 5) is 17.7. The number of imidazole rings is 1. The summed E-state index contributed by atoms with van der Waals surface area (Å²) in [6, 6.07) is 13.3. The van der Waals surface area contributed by atoms with Crippen LogP contribution in [0.3, 0.4) is 0 Å². The molecule has 34 heavy (non-hydrogen) atoms. The van der Waals surface area contributed by atoms with Crippen LogP contribution < -0.4 is 10.1 Å². The fraction of sp³-hybridized carbons (Fsp3) is 0.200. The van der Waals surface area contributed by atoms with Gasteiger partial charge in [-0.05, 0) is 36.2 Å². The topological polar surface area (TPSA) is 96.1 Å². The summed E-state index contributed by atoms with van der Waals surface area (Å²) < 4.78 is 34.7. The van der Waals surface area contributed by atoms with Crippen molar-refractivity contribution in [3.63, 3.8) is 0 Å². The van der Waals surface area contributed by atoms with Gasteiger partial charge < -0.3 is 20.3 Å². The minimum atomic E-state index is -1.19. The summed E-state index contributed by atoms with van der Waals surface area (Å²) >= 11 is 0. The number of ether oxygens (including phenoxy) is 1. The lowest BCUT2D eigenvalue weighted by molar-refractivity contribution is 0.0107. The average molecular weight is 465 g/mol. The predicted octanol–water partition coefficient (Wildman–Crippen LogP) is 3.38. The van der Waals surface area contributed by atoms with E-state index in [2.05, 4.69) is 10.3 Å². The Kier molecular flexibility index (Phi) is 5.51. The number of aliphatic hydroxyl groups is 2. The Bertz CT molecular complexity index is 1400. The van der Waals surface area contributed by atoms with E-state index in [-0.39, 0.29) is 23.6 Å². The molecule has 174 valence electrons. The molecule has 0 radical (unpaired) electrons. The molecule has 1 aliphatic carbocycles. The lowest BCUT2D eigenvalue weighted by Crippen LogP contribution is -2.35. The molecule has 2 aromatic carbocycles. The van der Waals surface area contributed by atoms with Gasteiger partial charge in [-0.15, -0.1) is 0 Å². The van der Waals surface area contributed by atoms with Crippen LogP contribution in [-0.2, 0) is 6.61 Å². The van der Waals surface area contributed by atoms with E-state index in [1.807, 2.05) is 0 Å². The van der Waals surface area contributed by atoms with Crippen molar-refractivity contribution in [2.45, 2.75) is 31.8 Å². The van der Waals surface area contributed by atoms with Gasteiger partial charge in [0.1, 0.15) is 24.5 Å². The van der Waals surface area contributed by atoms with Crippen LogP contribution in [-0.4, -0.2) is 31.6 Å². The predicted molar refractivity (Wildman–Crippen MR) is 118 cm³/mol. The number of nitrogens with zero attached hydrogens (tertiary/aromatic N) is 2. The number of hydrogen-bond acceptors (Lipinski definition) is 5. The lowest BCUT2D eigenvalue weighted by atomic mass is 10.1. The van der Waals surface area contributed by atoms with Crippen molar-refractivity contribution >= 4 is 11.6 Å². The van der Waals surface area contributed by atoms with E-state index >= 15 is 0 Å². The normalized spacial score (nSPS) is 19.3. The van der Waals surface area contributed by atoms with Crippen LogP contribution in [0, 0.1) is 18.6 Å². The monoisotopic (exact) mass is 465 g/mol. The maximum absolute atomic E-state index is 14.0. The van der Waals surface area contributed by atoms with E-state index in [9.17, 15) is 23.8 Å². The van der Waals surface area contributed by atoms with Crippen LogP contribution in [0.1, 0.15) is 45.0 Å². The number of aliphatic hydroxyl groups excluding tert-OH is 2. The van der Waals surface area contributed by atoms with Crippen LogP contribution >= 0.6 is 0 Å². The molecule has 0 aliphatic heterocycles. The molecule has 4 aromatic rings. The van der Waals surface area contributed by atoms with Gasteiger partial charge >= 0.3 is 0 Å². The summed E-state index contributed by atoms with van der Waals surface area (Å²) in [5, 5.41) is 23.6. The first-order chi connectivity index (χ1) is 16.4. The Morgan fingerprint density at radius 2 is 1.85 bits per heavy atom. The number of hydrogen-bond donors (Lipinski definition) is 3. The largest absolute Gasteiger partial charge is 0.485 e. The summed E-state index contributed by atoms with van der Waals surface area (Å²) in [6.07, 6.45) is -0.665. The standard InChI is InChI=1S/C25H21F2N3O4/c1-13-21(25(33)29-20-15-7-2-3-8-16(15)22(31)23(20)32)30-11-5-10-18(24(30)28-13)34-12-14-6-4-9-17(26)19(14)27/h2-11,20,22-23,31-32H,12H2,1H3,(H,29,33)/t20?,22-,23-/m0/s1. The third-order valence-corrected chi connectivity index (χ3v) is 6.02. The summed E-state index contributed by atoms with van der Waals surface area (Å²) in [5.41, 5.74) is 2.22. The number of halogens is 2. The molecular weight excluding hydrogens is 444 g/mol. The number of benzene rings is 2. The number of aromatic nitrogens is 2. The Morgan fingerprint density at radius 3 is 2.65 bits per heavy atom. The van der Waals surface area contributed by atoms with E-state index in [4.69, 9.17) is 4.74 Å². The number of aryl methyl sites for hydroxylation is 1. The fourth-order valence-electron chi connectivity index (χ4n) is 4.34. The van der Waals surface area contributed by atoms with Gasteiger partial charge in [-0.1, -0.05) is 36.4 Å². The molecule has 9 heteroatoms.